The number of nitrogens with one attached hydrogen (secondary N) is 4. The normalized spacial score (nSPS) is 24.9. The van der Waals surface area contributed by atoms with Crippen LogP contribution in [0.1, 0.15) is 73.9 Å². The fraction of sp³-hybridized carbons (Fsp3) is 0.371. The summed E-state index contributed by atoms with van der Waals surface area (Å²) in [6, 6.07) is 17.2. The molecule has 1 spiro atoms. The minimum Gasteiger partial charge on any atom is -0.341 e. The number of halogens is 2. The van der Waals surface area contributed by atoms with E-state index in [9.17, 15) is 0 Å². The number of fused-ring (bicyclic) bond motifs is 4. The van der Waals surface area contributed by atoms with Crippen LogP contribution in [0.2, 0.25) is 0 Å². The number of rotatable bonds is 4. The van der Waals surface area contributed by atoms with Crippen LogP contribution < -0.4 is 10.6 Å². The highest BCUT2D eigenvalue weighted by Crippen LogP contribution is 2.55. The van der Waals surface area contributed by atoms with Crippen LogP contribution in [0, 0.1) is 11.3 Å². The summed E-state index contributed by atoms with van der Waals surface area (Å²) < 4.78 is 32.2. The monoisotopic (exact) mass is 576 g/mol. The van der Waals surface area contributed by atoms with Crippen LogP contribution in [-0.2, 0) is 5.92 Å². The Bertz CT molecular complexity index is 1900. The predicted molar refractivity (Wildman–Crippen MR) is 164 cm³/mol. The zero-order valence-corrected chi connectivity index (χ0v) is 24.1. The van der Waals surface area contributed by atoms with Crippen molar-refractivity contribution in [1.29, 1.82) is 0 Å². The van der Waals surface area contributed by atoms with Crippen molar-refractivity contribution in [3.8, 4) is 33.5 Å². The molecule has 9 rings (SSSR count). The van der Waals surface area contributed by atoms with Crippen LogP contribution in [0.3, 0.4) is 0 Å². The van der Waals surface area contributed by atoms with Crippen LogP contribution >= 0.6 is 0 Å². The lowest BCUT2D eigenvalue weighted by Crippen LogP contribution is -2.33. The SMILES string of the molecule is C[C@@H]1CCCN[C@@H]1c1nc2ccc(-c3ccc4c(c3)C(F)(F)c3cc(-c5cnc([C@@H]6CC7(CC7)CN6)[nH]5)ccc3-4)cc2[nH]1. The molecule has 1 saturated carbocycles. The van der Waals surface area contributed by atoms with E-state index >= 15 is 8.78 Å². The summed E-state index contributed by atoms with van der Waals surface area (Å²) in [6.45, 7) is 4.28. The van der Waals surface area contributed by atoms with Gasteiger partial charge in [-0.2, -0.15) is 8.78 Å². The zero-order valence-electron chi connectivity index (χ0n) is 24.1. The van der Waals surface area contributed by atoms with Gasteiger partial charge < -0.3 is 20.6 Å². The number of aromatic nitrogens is 4. The summed E-state index contributed by atoms with van der Waals surface area (Å²) in [6.07, 6.45) is 7.78. The lowest BCUT2D eigenvalue weighted by molar-refractivity contribution is 0.0481. The first kappa shape index (κ1) is 25.6. The molecular formula is C35H34F2N6. The van der Waals surface area contributed by atoms with Gasteiger partial charge in [-0.05, 0) is 96.5 Å². The summed E-state index contributed by atoms with van der Waals surface area (Å²) >= 11 is 0. The van der Waals surface area contributed by atoms with Crippen LogP contribution in [0.5, 0.6) is 0 Å². The number of hydrogen-bond acceptors (Lipinski definition) is 4. The number of piperidine rings is 1. The van der Waals surface area contributed by atoms with Gasteiger partial charge in [0.25, 0.3) is 5.92 Å². The third-order valence-corrected chi connectivity index (χ3v) is 10.5. The maximum Gasteiger partial charge on any atom is 0.299 e. The average molecular weight is 577 g/mol. The highest BCUT2D eigenvalue weighted by Gasteiger charge is 2.49. The Hall–Kier alpha value is -3.88. The van der Waals surface area contributed by atoms with E-state index in [1.165, 1.54) is 25.7 Å². The van der Waals surface area contributed by atoms with Gasteiger partial charge >= 0.3 is 0 Å². The van der Waals surface area contributed by atoms with Crippen molar-refractivity contribution >= 4 is 11.0 Å². The molecule has 0 bridgehead atoms. The Balaban J connectivity index is 1.02. The Labute approximate surface area is 248 Å². The van der Waals surface area contributed by atoms with Crippen LogP contribution in [0.4, 0.5) is 8.78 Å². The molecule has 5 aromatic rings. The molecule has 3 atom stereocenters. The zero-order chi connectivity index (χ0) is 28.9. The van der Waals surface area contributed by atoms with E-state index < -0.39 is 5.92 Å². The molecular weight excluding hydrogens is 542 g/mol. The predicted octanol–water partition coefficient (Wildman–Crippen LogP) is 7.62. The van der Waals surface area contributed by atoms with Gasteiger partial charge in [0, 0.05) is 23.2 Å². The number of hydrogen-bond donors (Lipinski definition) is 4. The molecule has 8 heteroatoms. The molecule has 0 amide bonds. The molecule has 3 aromatic carbocycles. The number of aromatic amines is 2. The highest BCUT2D eigenvalue weighted by molar-refractivity contribution is 5.86. The third-order valence-electron chi connectivity index (χ3n) is 10.5. The maximum atomic E-state index is 16.1. The van der Waals surface area contributed by atoms with Gasteiger partial charge in [-0.3, -0.25) is 0 Å². The molecule has 4 heterocycles. The van der Waals surface area contributed by atoms with Gasteiger partial charge in [0.2, 0.25) is 0 Å². The van der Waals surface area contributed by atoms with Crippen molar-refractivity contribution in [2.45, 2.75) is 57.0 Å². The van der Waals surface area contributed by atoms with E-state index in [1.807, 2.05) is 42.5 Å². The first-order valence-electron chi connectivity index (χ1n) is 15.6. The van der Waals surface area contributed by atoms with Gasteiger partial charge in [-0.25, -0.2) is 9.97 Å². The average Bonchev–Trinajstić information content (AvgIpc) is 3.38. The Kier molecular flexibility index (Phi) is 5.40. The van der Waals surface area contributed by atoms with Crippen molar-refractivity contribution < 1.29 is 8.78 Å². The number of H-pyrrole nitrogens is 2. The fourth-order valence-electron chi connectivity index (χ4n) is 7.67. The minimum atomic E-state index is -3.10. The van der Waals surface area contributed by atoms with Crippen molar-refractivity contribution in [2.24, 2.45) is 11.3 Å². The van der Waals surface area contributed by atoms with Crippen LogP contribution in [-0.4, -0.2) is 33.0 Å². The first-order valence-corrected chi connectivity index (χ1v) is 15.6. The molecule has 4 aliphatic rings. The van der Waals surface area contributed by atoms with Gasteiger partial charge in [0.1, 0.15) is 11.6 Å². The topological polar surface area (TPSA) is 81.4 Å². The quantitative estimate of drug-likeness (QED) is 0.177. The molecule has 2 saturated heterocycles. The smallest absolute Gasteiger partial charge is 0.299 e. The van der Waals surface area contributed by atoms with Gasteiger partial charge in [0.15, 0.2) is 0 Å². The summed E-state index contributed by atoms with van der Waals surface area (Å²) in [5.74, 6) is -0.755. The Morgan fingerprint density at radius 1 is 0.837 bits per heavy atom. The summed E-state index contributed by atoms with van der Waals surface area (Å²) in [7, 11) is 0. The number of imidazole rings is 2. The first-order chi connectivity index (χ1) is 20.9. The van der Waals surface area contributed by atoms with Crippen molar-refractivity contribution in [2.75, 3.05) is 13.1 Å². The molecule has 4 N–H and O–H groups in total. The minimum absolute atomic E-state index is 0.0481. The lowest BCUT2D eigenvalue weighted by Gasteiger charge is -2.28. The molecule has 3 fully saturated rings. The molecule has 43 heavy (non-hydrogen) atoms. The fourth-order valence-corrected chi connectivity index (χ4v) is 7.67. The number of alkyl halides is 2. The second kappa shape index (κ2) is 9.07. The van der Waals surface area contributed by atoms with E-state index in [4.69, 9.17) is 4.98 Å². The van der Waals surface area contributed by atoms with Crippen molar-refractivity contribution in [3.63, 3.8) is 0 Å². The summed E-state index contributed by atoms with van der Waals surface area (Å²) in [5.41, 5.74) is 6.71. The highest BCUT2D eigenvalue weighted by atomic mass is 19.3. The summed E-state index contributed by atoms with van der Waals surface area (Å²) in [5, 5.41) is 7.17. The number of nitrogens with zero attached hydrogens (tertiary/aromatic N) is 2. The molecule has 2 aliphatic carbocycles. The second-order valence-electron chi connectivity index (χ2n) is 13.3. The second-order valence-corrected chi connectivity index (χ2v) is 13.3. The van der Waals surface area contributed by atoms with Crippen LogP contribution in [0.25, 0.3) is 44.5 Å². The van der Waals surface area contributed by atoms with Crippen LogP contribution in [0.15, 0.2) is 60.8 Å². The molecule has 2 aliphatic heterocycles. The van der Waals surface area contributed by atoms with Crippen molar-refractivity contribution in [3.05, 3.63) is 83.6 Å². The summed E-state index contributed by atoms with van der Waals surface area (Å²) in [4.78, 5) is 16.4. The van der Waals surface area contributed by atoms with Gasteiger partial charge in [-0.1, -0.05) is 37.3 Å². The molecule has 0 radical (unpaired) electrons. The van der Waals surface area contributed by atoms with E-state index in [1.54, 1.807) is 18.3 Å². The molecule has 2 aromatic heterocycles. The molecule has 6 nitrogen and oxygen atoms in total. The van der Waals surface area contributed by atoms with E-state index in [0.29, 0.717) is 22.5 Å². The largest absolute Gasteiger partial charge is 0.341 e. The third kappa shape index (κ3) is 4.03. The lowest BCUT2D eigenvalue weighted by atomic mass is 9.92. The van der Waals surface area contributed by atoms with E-state index in [-0.39, 0.29) is 23.2 Å². The number of benzene rings is 3. The maximum absolute atomic E-state index is 16.1. The molecule has 218 valence electrons. The Morgan fingerprint density at radius 2 is 1.58 bits per heavy atom. The van der Waals surface area contributed by atoms with Gasteiger partial charge in [-0.15, -0.1) is 0 Å². The van der Waals surface area contributed by atoms with E-state index in [2.05, 4.69) is 32.5 Å². The Morgan fingerprint density at radius 3 is 2.35 bits per heavy atom. The van der Waals surface area contributed by atoms with E-state index in [0.717, 1.165) is 64.6 Å². The standard InChI is InChI=1S/C35H34F2N6/c1-19-3-2-12-38-31(19)33-41-27-9-6-21(15-28(27)42-33)20-4-7-23-24-8-5-22(14-26(24)35(36,37)25(23)13-20)30-17-39-32(43-30)29-16-34(10-11-34)18-40-29/h4-9,13-15,17,19,29,31,38,40H,2-3,10-12,16,18H2,1H3,(H,39,43)(H,41,42)/t19-,29+,31+/m1/s1. The van der Waals surface area contributed by atoms with Gasteiger partial charge in [0.05, 0.1) is 35.0 Å². The van der Waals surface area contributed by atoms with Crippen molar-refractivity contribution in [1.82, 2.24) is 30.6 Å². The molecule has 0 unspecified atom stereocenters.